The lowest BCUT2D eigenvalue weighted by Gasteiger charge is -2.39. The molecule has 0 spiro atoms. The van der Waals surface area contributed by atoms with Crippen molar-refractivity contribution in [1.82, 2.24) is 4.90 Å². The normalized spacial score (nSPS) is 15.6. The van der Waals surface area contributed by atoms with Crippen LogP contribution in [-0.4, -0.2) is 44.2 Å². The summed E-state index contributed by atoms with van der Waals surface area (Å²) in [6, 6.07) is 9.79. The summed E-state index contributed by atoms with van der Waals surface area (Å²) < 4.78 is 16.3. The number of carbonyl (C=O) groups is 1. The van der Waals surface area contributed by atoms with Crippen LogP contribution in [0.4, 0.5) is 5.69 Å². The standard InChI is InChI=1S/C22H30N2O4/c1-16(2)22(25)24(18-7-8-20(26-3)21(14-18)27-4)17-9-11-23(12-10-17)15-19-6-5-13-28-19/h5-8,13-14,16-17H,9-12,15H2,1-4H3. The van der Waals surface area contributed by atoms with Gasteiger partial charge >= 0.3 is 0 Å². The number of nitrogens with zero attached hydrogens (tertiary/aromatic N) is 2. The number of hydrogen-bond acceptors (Lipinski definition) is 5. The number of rotatable bonds is 7. The van der Waals surface area contributed by atoms with Crippen LogP contribution in [0.5, 0.6) is 11.5 Å². The van der Waals surface area contributed by atoms with E-state index in [0.29, 0.717) is 11.5 Å². The smallest absolute Gasteiger partial charge is 0.229 e. The first-order chi connectivity index (χ1) is 13.5. The van der Waals surface area contributed by atoms with Crippen molar-refractivity contribution < 1.29 is 18.7 Å². The zero-order chi connectivity index (χ0) is 20.1. The Morgan fingerprint density at radius 2 is 1.89 bits per heavy atom. The van der Waals surface area contributed by atoms with Gasteiger partial charge < -0.3 is 18.8 Å². The Morgan fingerprint density at radius 1 is 1.18 bits per heavy atom. The summed E-state index contributed by atoms with van der Waals surface area (Å²) in [6.45, 7) is 6.57. The summed E-state index contributed by atoms with van der Waals surface area (Å²) >= 11 is 0. The number of likely N-dealkylation sites (tertiary alicyclic amines) is 1. The molecule has 0 aliphatic carbocycles. The average Bonchev–Trinajstić information content (AvgIpc) is 3.22. The van der Waals surface area contributed by atoms with E-state index >= 15 is 0 Å². The SMILES string of the molecule is COc1ccc(N(C(=O)C(C)C)C2CCN(Cc3ccco3)CC2)cc1OC. The summed E-state index contributed by atoms with van der Waals surface area (Å²) in [5, 5.41) is 0. The maximum Gasteiger partial charge on any atom is 0.229 e. The van der Waals surface area contributed by atoms with Crippen LogP contribution in [0.25, 0.3) is 0 Å². The summed E-state index contributed by atoms with van der Waals surface area (Å²) in [6.07, 6.45) is 3.56. The van der Waals surface area contributed by atoms with Crippen LogP contribution in [0, 0.1) is 5.92 Å². The van der Waals surface area contributed by atoms with E-state index in [-0.39, 0.29) is 17.9 Å². The second kappa shape index (κ2) is 9.15. The van der Waals surface area contributed by atoms with Crippen molar-refractivity contribution in [3.05, 3.63) is 42.4 Å². The minimum Gasteiger partial charge on any atom is -0.493 e. The average molecular weight is 386 g/mol. The monoisotopic (exact) mass is 386 g/mol. The van der Waals surface area contributed by atoms with Gasteiger partial charge in [0.25, 0.3) is 0 Å². The van der Waals surface area contributed by atoms with Crippen molar-refractivity contribution in [3.63, 3.8) is 0 Å². The summed E-state index contributed by atoms with van der Waals surface area (Å²) in [4.78, 5) is 17.4. The van der Waals surface area contributed by atoms with Crippen LogP contribution >= 0.6 is 0 Å². The molecular formula is C22H30N2O4. The number of amides is 1. The summed E-state index contributed by atoms with van der Waals surface area (Å²) in [7, 11) is 3.23. The number of furan rings is 1. The number of anilines is 1. The molecule has 0 saturated carbocycles. The number of ether oxygens (including phenoxy) is 2. The maximum absolute atomic E-state index is 13.1. The van der Waals surface area contributed by atoms with Crippen LogP contribution < -0.4 is 14.4 Å². The van der Waals surface area contributed by atoms with E-state index in [0.717, 1.165) is 43.9 Å². The first-order valence-corrected chi connectivity index (χ1v) is 9.83. The molecule has 2 heterocycles. The first kappa shape index (κ1) is 20.3. The molecular weight excluding hydrogens is 356 g/mol. The van der Waals surface area contributed by atoms with Crippen LogP contribution in [-0.2, 0) is 11.3 Å². The van der Waals surface area contributed by atoms with Gasteiger partial charge in [-0.25, -0.2) is 0 Å². The van der Waals surface area contributed by atoms with Gasteiger partial charge in [0.1, 0.15) is 5.76 Å². The Bertz CT molecular complexity index is 765. The molecule has 0 bridgehead atoms. The van der Waals surface area contributed by atoms with Crippen LogP contribution in [0.3, 0.4) is 0 Å². The topological polar surface area (TPSA) is 55.2 Å². The van der Waals surface area contributed by atoms with E-state index in [1.54, 1.807) is 20.5 Å². The van der Waals surface area contributed by atoms with E-state index in [1.807, 2.05) is 49.1 Å². The molecule has 1 fully saturated rings. The van der Waals surface area contributed by atoms with E-state index in [2.05, 4.69) is 4.90 Å². The molecule has 152 valence electrons. The Kier molecular flexibility index (Phi) is 6.62. The van der Waals surface area contributed by atoms with Gasteiger partial charge in [-0.05, 0) is 37.1 Å². The Balaban J connectivity index is 1.77. The number of piperidine rings is 1. The fraction of sp³-hybridized carbons (Fsp3) is 0.500. The number of hydrogen-bond donors (Lipinski definition) is 0. The predicted octanol–water partition coefficient (Wildman–Crippen LogP) is 3.95. The second-order valence-electron chi connectivity index (χ2n) is 7.49. The van der Waals surface area contributed by atoms with Gasteiger partial charge in [-0.1, -0.05) is 13.8 Å². The molecule has 1 aromatic carbocycles. The number of carbonyl (C=O) groups excluding carboxylic acids is 1. The van der Waals surface area contributed by atoms with Gasteiger partial charge in [-0.2, -0.15) is 0 Å². The Morgan fingerprint density at radius 3 is 2.46 bits per heavy atom. The first-order valence-electron chi connectivity index (χ1n) is 9.83. The highest BCUT2D eigenvalue weighted by Crippen LogP contribution is 2.34. The molecule has 6 nitrogen and oxygen atoms in total. The zero-order valence-electron chi connectivity index (χ0n) is 17.2. The molecule has 1 aliphatic heterocycles. The highest BCUT2D eigenvalue weighted by molar-refractivity contribution is 5.95. The predicted molar refractivity (Wildman–Crippen MR) is 109 cm³/mol. The minimum absolute atomic E-state index is 0.0748. The summed E-state index contributed by atoms with van der Waals surface area (Å²) in [5.74, 6) is 2.34. The lowest BCUT2D eigenvalue weighted by Crippen LogP contribution is -2.48. The molecule has 1 aromatic heterocycles. The molecule has 0 radical (unpaired) electrons. The van der Waals surface area contributed by atoms with Crippen LogP contribution in [0.1, 0.15) is 32.4 Å². The van der Waals surface area contributed by atoms with Crippen molar-refractivity contribution in [2.24, 2.45) is 5.92 Å². The van der Waals surface area contributed by atoms with Crippen LogP contribution in [0.2, 0.25) is 0 Å². The highest BCUT2D eigenvalue weighted by atomic mass is 16.5. The van der Waals surface area contributed by atoms with E-state index in [9.17, 15) is 4.79 Å². The molecule has 0 unspecified atom stereocenters. The van der Waals surface area contributed by atoms with Gasteiger partial charge in [0.15, 0.2) is 11.5 Å². The van der Waals surface area contributed by atoms with Gasteiger partial charge in [-0.15, -0.1) is 0 Å². The number of benzene rings is 1. The quantitative estimate of drug-likeness (QED) is 0.721. The molecule has 0 atom stereocenters. The lowest BCUT2D eigenvalue weighted by molar-refractivity contribution is -0.122. The van der Waals surface area contributed by atoms with Crippen molar-refractivity contribution >= 4 is 11.6 Å². The molecule has 28 heavy (non-hydrogen) atoms. The maximum atomic E-state index is 13.1. The third kappa shape index (κ3) is 4.50. The van der Waals surface area contributed by atoms with Gasteiger partial charge in [0.2, 0.25) is 5.91 Å². The Hall–Kier alpha value is -2.47. The van der Waals surface area contributed by atoms with E-state index in [4.69, 9.17) is 13.9 Å². The van der Waals surface area contributed by atoms with Crippen LogP contribution in [0.15, 0.2) is 41.0 Å². The molecule has 3 rings (SSSR count). The van der Waals surface area contributed by atoms with E-state index in [1.165, 1.54) is 0 Å². The Labute approximate surface area is 167 Å². The molecule has 1 saturated heterocycles. The molecule has 2 aromatic rings. The fourth-order valence-corrected chi connectivity index (χ4v) is 3.73. The lowest BCUT2D eigenvalue weighted by atomic mass is 10.00. The highest BCUT2D eigenvalue weighted by Gasteiger charge is 2.31. The third-order valence-corrected chi connectivity index (χ3v) is 5.26. The van der Waals surface area contributed by atoms with Gasteiger partial charge in [0, 0.05) is 36.8 Å². The van der Waals surface area contributed by atoms with Gasteiger partial charge in [0.05, 0.1) is 27.0 Å². The number of methoxy groups -OCH3 is 2. The molecule has 0 N–H and O–H groups in total. The zero-order valence-corrected chi connectivity index (χ0v) is 17.2. The third-order valence-electron chi connectivity index (χ3n) is 5.26. The fourth-order valence-electron chi connectivity index (χ4n) is 3.73. The molecule has 6 heteroatoms. The van der Waals surface area contributed by atoms with Crippen molar-refractivity contribution in [3.8, 4) is 11.5 Å². The largest absolute Gasteiger partial charge is 0.493 e. The molecule has 1 amide bonds. The minimum atomic E-state index is -0.0748. The second-order valence-corrected chi connectivity index (χ2v) is 7.49. The summed E-state index contributed by atoms with van der Waals surface area (Å²) in [5.41, 5.74) is 0.862. The van der Waals surface area contributed by atoms with Crippen molar-refractivity contribution in [1.29, 1.82) is 0 Å². The van der Waals surface area contributed by atoms with Crippen molar-refractivity contribution in [2.45, 2.75) is 39.3 Å². The van der Waals surface area contributed by atoms with Gasteiger partial charge in [-0.3, -0.25) is 9.69 Å². The van der Waals surface area contributed by atoms with E-state index < -0.39 is 0 Å². The molecule has 1 aliphatic rings. The van der Waals surface area contributed by atoms with Crippen molar-refractivity contribution in [2.75, 3.05) is 32.2 Å².